The maximum absolute atomic E-state index is 9.35. The van der Waals surface area contributed by atoms with E-state index in [0.29, 0.717) is 11.6 Å². The molecule has 5 nitrogen and oxygen atoms in total. The third-order valence-corrected chi connectivity index (χ3v) is 3.75. The quantitative estimate of drug-likeness (QED) is 0.851. The summed E-state index contributed by atoms with van der Waals surface area (Å²) in [6, 6.07) is 4.38. The molecule has 0 radical (unpaired) electrons. The van der Waals surface area contributed by atoms with Gasteiger partial charge in [-0.25, -0.2) is 4.99 Å². The average Bonchev–Trinajstić information content (AvgIpc) is 2.95. The molecule has 1 aliphatic heterocycles. The molecule has 2 unspecified atom stereocenters. The molecule has 0 bridgehead atoms. The van der Waals surface area contributed by atoms with Crippen LogP contribution in [0.5, 0.6) is 0 Å². The number of nitrogen functional groups attached to an aromatic ring is 1. The minimum atomic E-state index is -0.323. The minimum Gasteiger partial charge on any atom is -0.405 e. The zero-order valence-electron chi connectivity index (χ0n) is 9.62. The first kappa shape index (κ1) is 11.0. The largest absolute Gasteiger partial charge is 0.405 e. The van der Waals surface area contributed by atoms with Gasteiger partial charge in [-0.1, -0.05) is 0 Å². The fraction of sp³-hybridized carbons (Fsp3) is 0.250. The van der Waals surface area contributed by atoms with Crippen LogP contribution >= 0.6 is 11.3 Å². The van der Waals surface area contributed by atoms with Crippen molar-refractivity contribution >= 4 is 28.9 Å². The van der Waals surface area contributed by atoms with Crippen molar-refractivity contribution in [2.75, 3.05) is 5.73 Å². The van der Waals surface area contributed by atoms with Crippen molar-refractivity contribution in [2.24, 2.45) is 10.9 Å². The fourth-order valence-corrected chi connectivity index (χ4v) is 2.92. The Morgan fingerprint density at radius 1 is 1.56 bits per heavy atom. The smallest absolute Gasteiger partial charge is 0.294 e. The zero-order valence-corrected chi connectivity index (χ0v) is 10.4. The number of aromatic nitrogens is 1. The summed E-state index contributed by atoms with van der Waals surface area (Å²) in [4.78, 5) is 8.45. The monoisotopic (exact) mass is 258 g/mol. The van der Waals surface area contributed by atoms with Crippen LogP contribution in [0.4, 0.5) is 11.9 Å². The lowest BCUT2D eigenvalue weighted by atomic mass is 9.81. The predicted octanol–water partition coefficient (Wildman–Crippen LogP) is 2.70. The Kier molecular flexibility index (Phi) is 2.42. The van der Waals surface area contributed by atoms with E-state index < -0.39 is 0 Å². The van der Waals surface area contributed by atoms with Crippen LogP contribution in [-0.4, -0.2) is 10.7 Å². The topological polar surface area (TPSA) is 88.2 Å². The highest BCUT2D eigenvalue weighted by Gasteiger charge is 2.36. The summed E-state index contributed by atoms with van der Waals surface area (Å²) in [6.07, 6.45) is 0. The highest BCUT2D eigenvalue weighted by atomic mass is 32.1. The van der Waals surface area contributed by atoms with E-state index in [-0.39, 0.29) is 17.9 Å². The van der Waals surface area contributed by atoms with Gasteiger partial charge in [0.1, 0.15) is 5.69 Å². The number of oxazole rings is 1. The van der Waals surface area contributed by atoms with Gasteiger partial charge < -0.3 is 10.2 Å². The molecule has 2 aromatic heterocycles. The SMILES string of the molecule is CC1=Nc2oc(N)nc2C(c2ccsc2)C1C#N. The number of thiophene rings is 1. The second-order valence-electron chi connectivity index (χ2n) is 4.14. The highest BCUT2D eigenvalue weighted by Crippen LogP contribution is 2.43. The van der Waals surface area contributed by atoms with E-state index in [1.165, 1.54) is 0 Å². The summed E-state index contributed by atoms with van der Waals surface area (Å²) in [6.45, 7) is 1.83. The minimum absolute atomic E-state index is 0.0929. The zero-order chi connectivity index (χ0) is 12.7. The van der Waals surface area contributed by atoms with Crippen LogP contribution in [0, 0.1) is 17.2 Å². The summed E-state index contributed by atoms with van der Waals surface area (Å²) < 4.78 is 5.27. The Labute approximate surface area is 108 Å². The van der Waals surface area contributed by atoms with Crippen molar-refractivity contribution < 1.29 is 4.42 Å². The van der Waals surface area contributed by atoms with Gasteiger partial charge in [-0.05, 0) is 29.3 Å². The van der Waals surface area contributed by atoms with Gasteiger partial charge in [0.2, 0.25) is 5.88 Å². The van der Waals surface area contributed by atoms with Crippen LogP contribution in [0.2, 0.25) is 0 Å². The number of rotatable bonds is 1. The molecule has 0 aromatic carbocycles. The molecule has 0 spiro atoms. The van der Waals surface area contributed by atoms with Crippen LogP contribution in [0.1, 0.15) is 24.1 Å². The molecule has 0 saturated heterocycles. The van der Waals surface area contributed by atoms with Crippen LogP contribution in [0.25, 0.3) is 0 Å². The van der Waals surface area contributed by atoms with E-state index in [0.717, 1.165) is 11.3 Å². The molecule has 2 atom stereocenters. The van der Waals surface area contributed by atoms with Crippen LogP contribution in [-0.2, 0) is 0 Å². The third-order valence-electron chi connectivity index (χ3n) is 3.05. The molecule has 2 aromatic rings. The molecule has 6 heteroatoms. The molecule has 0 fully saturated rings. The molecule has 1 aliphatic rings. The van der Waals surface area contributed by atoms with Crippen molar-refractivity contribution in [3.8, 4) is 6.07 Å². The van der Waals surface area contributed by atoms with Gasteiger partial charge in [0, 0.05) is 5.71 Å². The lowest BCUT2D eigenvalue weighted by molar-refractivity contribution is 0.578. The predicted molar refractivity (Wildman–Crippen MR) is 68.9 cm³/mol. The number of nitriles is 1. The fourth-order valence-electron chi connectivity index (χ4n) is 2.22. The number of nitrogens with zero attached hydrogens (tertiary/aromatic N) is 3. The molecular weight excluding hydrogens is 248 g/mol. The number of anilines is 1. The second kappa shape index (κ2) is 3.96. The number of aliphatic imine (C=N–C) groups is 1. The normalized spacial score (nSPS) is 22.1. The van der Waals surface area contributed by atoms with Crippen molar-refractivity contribution in [2.45, 2.75) is 12.8 Å². The molecule has 0 aliphatic carbocycles. The molecule has 18 heavy (non-hydrogen) atoms. The standard InChI is InChI=1S/C12H10N4OS/c1-6-8(4-13)9(7-2-3-18-5-7)10-11(15-6)17-12(14)16-10/h2-3,5,8-9H,1H3,(H2,14,16). The summed E-state index contributed by atoms with van der Waals surface area (Å²) >= 11 is 1.59. The molecule has 3 rings (SSSR count). The van der Waals surface area contributed by atoms with Crippen molar-refractivity contribution in [3.05, 3.63) is 28.1 Å². The highest BCUT2D eigenvalue weighted by molar-refractivity contribution is 7.08. The number of hydrogen-bond acceptors (Lipinski definition) is 6. The van der Waals surface area contributed by atoms with E-state index in [4.69, 9.17) is 10.2 Å². The molecule has 3 heterocycles. The Bertz CT molecular complexity index is 650. The number of hydrogen-bond donors (Lipinski definition) is 1. The first-order valence-corrected chi connectivity index (χ1v) is 6.38. The number of fused-ring (bicyclic) bond motifs is 1. The Morgan fingerprint density at radius 3 is 3.06 bits per heavy atom. The first-order chi connectivity index (χ1) is 8.70. The van der Waals surface area contributed by atoms with Gasteiger partial charge in [0.15, 0.2) is 0 Å². The Morgan fingerprint density at radius 2 is 2.39 bits per heavy atom. The molecule has 90 valence electrons. The lowest BCUT2D eigenvalue weighted by Crippen LogP contribution is -2.23. The molecule has 2 N–H and O–H groups in total. The average molecular weight is 258 g/mol. The maximum atomic E-state index is 9.35. The maximum Gasteiger partial charge on any atom is 0.294 e. The lowest BCUT2D eigenvalue weighted by Gasteiger charge is -2.22. The van der Waals surface area contributed by atoms with Crippen molar-refractivity contribution in [3.63, 3.8) is 0 Å². The van der Waals surface area contributed by atoms with E-state index in [1.807, 2.05) is 23.8 Å². The first-order valence-electron chi connectivity index (χ1n) is 5.44. The van der Waals surface area contributed by atoms with Gasteiger partial charge in [0.05, 0.1) is 17.9 Å². The van der Waals surface area contributed by atoms with Gasteiger partial charge in [0.25, 0.3) is 6.01 Å². The molecule has 0 saturated carbocycles. The van der Waals surface area contributed by atoms with Crippen molar-refractivity contribution in [1.82, 2.24) is 4.98 Å². The van der Waals surface area contributed by atoms with Gasteiger partial charge >= 0.3 is 0 Å². The Hall–Kier alpha value is -2.13. The molecular formula is C12H10N4OS. The van der Waals surface area contributed by atoms with E-state index >= 15 is 0 Å². The van der Waals surface area contributed by atoms with E-state index in [1.54, 1.807) is 11.3 Å². The summed E-state index contributed by atoms with van der Waals surface area (Å²) in [5, 5.41) is 13.3. The second-order valence-corrected chi connectivity index (χ2v) is 4.92. The third kappa shape index (κ3) is 1.52. The summed E-state index contributed by atoms with van der Waals surface area (Å²) in [5.74, 6) is -0.0425. The molecule has 0 amide bonds. The Balaban J connectivity index is 2.21. The van der Waals surface area contributed by atoms with Crippen LogP contribution in [0.3, 0.4) is 0 Å². The van der Waals surface area contributed by atoms with Gasteiger partial charge in [-0.3, -0.25) is 0 Å². The summed E-state index contributed by atoms with van der Waals surface area (Å²) in [7, 11) is 0. The summed E-state index contributed by atoms with van der Waals surface area (Å²) in [5.41, 5.74) is 8.02. The number of nitrogens with two attached hydrogens (primary N) is 1. The van der Waals surface area contributed by atoms with Crippen molar-refractivity contribution in [1.29, 1.82) is 5.26 Å². The van der Waals surface area contributed by atoms with Crippen LogP contribution in [0.15, 0.2) is 26.2 Å². The van der Waals surface area contributed by atoms with E-state index in [2.05, 4.69) is 16.0 Å². The van der Waals surface area contributed by atoms with Gasteiger partial charge in [-0.2, -0.15) is 21.6 Å². The van der Waals surface area contributed by atoms with Gasteiger partial charge in [-0.15, -0.1) is 0 Å². The van der Waals surface area contributed by atoms with E-state index in [9.17, 15) is 5.26 Å². The van der Waals surface area contributed by atoms with Crippen LogP contribution < -0.4 is 5.73 Å².